The van der Waals surface area contributed by atoms with E-state index in [9.17, 15) is 4.79 Å². The molecule has 0 unspecified atom stereocenters. The van der Waals surface area contributed by atoms with Gasteiger partial charge in [-0.05, 0) is 0 Å². The van der Waals surface area contributed by atoms with Crippen LogP contribution in [0.25, 0.3) is 0 Å². The third-order valence-electron chi connectivity index (χ3n) is 1.19. The van der Waals surface area contributed by atoms with E-state index in [0.29, 0.717) is 0 Å². The molecule has 68 valence electrons. The van der Waals surface area contributed by atoms with Gasteiger partial charge in [0.1, 0.15) is 0 Å². The van der Waals surface area contributed by atoms with E-state index in [1.165, 1.54) is 5.56 Å². The van der Waals surface area contributed by atoms with E-state index >= 15 is 0 Å². The molecule has 0 saturated carbocycles. The molecule has 0 saturated heterocycles. The van der Waals surface area contributed by atoms with Gasteiger partial charge in [0.25, 0.3) is 0 Å². The van der Waals surface area contributed by atoms with Gasteiger partial charge in [-0.15, -0.1) is 0 Å². The van der Waals surface area contributed by atoms with Gasteiger partial charge in [0.05, 0.1) is 0 Å². The molecule has 0 aliphatic carbocycles. The summed E-state index contributed by atoms with van der Waals surface area (Å²) < 4.78 is 0. The van der Waals surface area contributed by atoms with Crippen molar-refractivity contribution < 1.29 is 29.4 Å². The van der Waals surface area contributed by atoms with E-state index in [-0.39, 0.29) is 25.9 Å². The van der Waals surface area contributed by atoms with Crippen molar-refractivity contribution >= 4 is 5.97 Å². The van der Waals surface area contributed by atoms with Crippen LogP contribution in [0.15, 0.2) is 24.3 Å². The van der Waals surface area contributed by atoms with E-state index in [2.05, 4.69) is 13.0 Å². The Labute approximate surface area is 91.7 Å². The van der Waals surface area contributed by atoms with Crippen LogP contribution in [-0.4, -0.2) is 11.1 Å². The number of hydrogen-bond acceptors (Lipinski definition) is 1. The molecule has 3 heteroatoms. The first-order valence-corrected chi connectivity index (χ1v) is 3.81. The van der Waals surface area contributed by atoms with Crippen molar-refractivity contribution in [2.75, 3.05) is 0 Å². The summed E-state index contributed by atoms with van der Waals surface area (Å²) in [7, 11) is 0. The third kappa shape index (κ3) is 11.3. The SMILES string of the molecule is CCC(=O)O.Cc1cc[c-]cc1.[Zn]. The van der Waals surface area contributed by atoms with Gasteiger partial charge in [-0.2, -0.15) is 35.9 Å². The van der Waals surface area contributed by atoms with Crippen LogP contribution in [0.4, 0.5) is 0 Å². The first-order valence-electron chi connectivity index (χ1n) is 3.81. The van der Waals surface area contributed by atoms with Crippen LogP contribution in [-0.2, 0) is 24.3 Å². The predicted octanol–water partition coefficient (Wildman–Crippen LogP) is 2.27. The van der Waals surface area contributed by atoms with E-state index in [0.717, 1.165) is 0 Å². The molecule has 0 heterocycles. The molecule has 0 fully saturated rings. The van der Waals surface area contributed by atoms with Crippen molar-refractivity contribution in [3.63, 3.8) is 0 Å². The average Bonchev–Trinajstić information content (AvgIpc) is 2.07. The summed E-state index contributed by atoms with van der Waals surface area (Å²) in [5.74, 6) is -0.745. The van der Waals surface area contributed by atoms with E-state index in [1.54, 1.807) is 6.92 Å². The minimum atomic E-state index is -0.745. The zero-order chi connectivity index (χ0) is 9.40. The smallest absolute Gasteiger partial charge is 0.303 e. The molecule has 0 radical (unpaired) electrons. The number of aliphatic carboxylic acids is 1. The van der Waals surface area contributed by atoms with Crippen LogP contribution in [0.5, 0.6) is 0 Å². The Balaban J connectivity index is 0. The summed E-state index contributed by atoms with van der Waals surface area (Å²) >= 11 is 0. The summed E-state index contributed by atoms with van der Waals surface area (Å²) in [5.41, 5.74) is 1.29. The molecule has 0 amide bonds. The maximum Gasteiger partial charge on any atom is 0.303 e. The van der Waals surface area contributed by atoms with Gasteiger partial charge in [-0.1, -0.05) is 13.8 Å². The maximum absolute atomic E-state index is 9.37. The summed E-state index contributed by atoms with van der Waals surface area (Å²) in [4.78, 5) is 9.37. The number of carbonyl (C=O) groups is 1. The monoisotopic (exact) mass is 229 g/mol. The molecule has 0 bridgehead atoms. The zero-order valence-electron chi connectivity index (χ0n) is 8.08. The molecule has 0 aromatic heterocycles. The Morgan fingerprint density at radius 3 is 2.00 bits per heavy atom. The maximum atomic E-state index is 9.37. The second kappa shape index (κ2) is 9.40. The van der Waals surface area contributed by atoms with E-state index in [1.807, 2.05) is 24.3 Å². The summed E-state index contributed by atoms with van der Waals surface area (Å²) in [6.45, 7) is 3.66. The van der Waals surface area contributed by atoms with Crippen molar-refractivity contribution in [3.8, 4) is 0 Å². The van der Waals surface area contributed by atoms with Gasteiger partial charge in [-0.3, -0.25) is 4.79 Å². The van der Waals surface area contributed by atoms with Gasteiger partial charge in [-0.25, -0.2) is 0 Å². The van der Waals surface area contributed by atoms with Crippen LogP contribution < -0.4 is 0 Å². The quantitative estimate of drug-likeness (QED) is 0.594. The molecule has 13 heavy (non-hydrogen) atoms. The standard InChI is InChI=1S/C7H7.C3H6O2.Zn/c1-7-5-3-2-4-6-7;1-2-3(4)5;/h3-6H,1H3;2H2,1H3,(H,4,5);/q-1;;. The molecule has 1 rings (SSSR count). The second-order valence-electron chi connectivity index (χ2n) is 2.32. The molecule has 0 aliphatic heterocycles. The largest absolute Gasteiger partial charge is 0.481 e. The van der Waals surface area contributed by atoms with Crippen molar-refractivity contribution in [1.29, 1.82) is 0 Å². The van der Waals surface area contributed by atoms with Crippen LogP contribution >= 0.6 is 0 Å². The number of carboxylic acids is 1. The van der Waals surface area contributed by atoms with Gasteiger partial charge in [0.15, 0.2) is 0 Å². The normalized spacial score (nSPS) is 7.54. The van der Waals surface area contributed by atoms with Crippen LogP contribution in [0.3, 0.4) is 0 Å². The zero-order valence-corrected chi connectivity index (χ0v) is 11.0. The minimum absolute atomic E-state index is 0. The number of benzene rings is 1. The Kier molecular flexibility index (Phi) is 10.7. The summed E-state index contributed by atoms with van der Waals surface area (Å²) in [6, 6.07) is 10.8. The molecular formula is C10H13O2Zn-. The molecule has 1 aromatic carbocycles. The van der Waals surface area contributed by atoms with Gasteiger partial charge in [0, 0.05) is 25.9 Å². The first kappa shape index (κ1) is 14.8. The molecule has 2 nitrogen and oxygen atoms in total. The fraction of sp³-hybridized carbons (Fsp3) is 0.300. The molecule has 1 N–H and O–H groups in total. The number of aryl methyl sites for hydroxylation is 1. The van der Waals surface area contributed by atoms with Crippen LogP contribution in [0.2, 0.25) is 0 Å². The number of carboxylic acid groups (broad SMARTS) is 1. The van der Waals surface area contributed by atoms with E-state index in [4.69, 9.17) is 5.11 Å². The summed E-state index contributed by atoms with van der Waals surface area (Å²) in [6.07, 6.45) is 0.222. The second-order valence-corrected chi connectivity index (χ2v) is 2.32. The predicted molar refractivity (Wildman–Crippen MR) is 47.9 cm³/mol. The van der Waals surface area contributed by atoms with Crippen molar-refractivity contribution in [2.45, 2.75) is 20.3 Å². The van der Waals surface area contributed by atoms with Crippen molar-refractivity contribution in [3.05, 3.63) is 35.9 Å². The van der Waals surface area contributed by atoms with Gasteiger partial charge >= 0.3 is 5.97 Å². The number of hydrogen-bond donors (Lipinski definition) is 1. The van der Waals surface area contributed by atoms with Gasteiger partial charge < -0.3 is 5.11 Å². The first-order chi connectivity index (χ1) is 5.66. The Morgan fingerprint density at radius 1 is 1.46 bits per heavy atom. The van der Waals surface area contributed by atoms with Crippen molar-refractivity contribution in [1.82, 2.24) is 0 Å². The average molecular weight is 231 g/mol. The Morgan fingerprint density at radius 2 is 1.85 bits per heavy atom. The molecule has 0 spiro atoms. The molecule has 0 aliphatic rings. The van der Waals surface area contributed by atoms with Crippen molar-refractivity contribution in [2.24, 2.45) is 0 Å². The van der Waals surface area contributed by atoms with Gasteiger partial charge in [0.2, 0.25) is 0 Å². The fourth-order valence-corrected chi connectivity index (χ4v) is 0.470. The fourth-order valence-electron chi connectivity index (χ4n) is 0.470. The molecule has 0 atom stereocenters. The molecule has 1 aromatic rings. The van der Waals surface area contributed by atoms with Crippen LogP contribution in [0.1, 0.15) is 18.9 Å². The minimum Gasteiger partial charge on any atom is -0.481 e. The third-order valence-corrected chi connectivity index (χ3v) is 1.19. The number of rotatable bonds is 1. The topological polar surface area (TPSA) is 37.3 Å². The van der Waals surface area contributed by atoms with E-state index < -0.39 is 5.97 Å². The molecular weight excluding hydrogens is 217 g/mol. The Bertz CT molecular complexity index is 222. The Hall–Kier alpha value is -0.687. The summed E-state index contributed by atoms with van der Waals surface area (Å²) in [5, 5.41) is 7.72. The van der Waals surface area contributed by atoms with Crippen LogP contribution in [0, 0.1) is 13.0 Å².